The lowest BCUT2D eigenvalue weighted by Crippen LogP contribution is -1.91. The first-order chi connectivity index (χ1) is 4.16. The maximum atomic E-state index is 10.2. The Hall–Kier alpha value is -0.390. The number of carbonyl (C=O) groups excluding carboxylic acids is 2. The zero-order valence-electron chi connectivity index (χ0n) is 4.76. The zero-order valence-corrected chi connectivity index (χ0v) is 6.91. The number of allylic oxidation sites excluding steroid dienone is 1. The number of halogens is 1. The molecule has 0 saturated heterocycles. The second-order valence-electron chi connectivity index (χ2n) is 1.34. The van der Waals surface area contributed by atoms with Crippen LogP contribution in [0.3, 0.4) is 0 Å². The van der Waals surface area contributed by atoms with Crippen molar-refractivity contribution in [2.24, 2.45) is 0 Å². The Kier molecular flexibility index (Phi) is 4.29. The van der Waals surface area contributed by atoms with Crippen LogP contribution in [0.15, 0.2) is 12.2 Å². The lowest BCUT2D eigenvalue weighted by atomic mass is 10.4. The Morgan fingerprint density at radius 2 is 2.00 bits per heavy atom. The Morgan fingerprint density at radius 1 is 1.44 bits per heavy atom. The quantitative estimate of drug-likeness (QED) is 0.534. The number of ketones is 1. The van der Waals surface area contributed by atoms with E-state index in [9.17, 15) is 9.59 Å². The smallest absolute Gasteiger partial charge is 0.340 e. The predicted molar refractivity (Wildman–Crippen MR) is 39.9 cm³/mol. The Labute approximate surface area is 66.8 Å². The number of rotatable bonds is 2. The molecule has 0 aliphatic rings. The van der Waals surface area contributed by atoms with Crippen LogP contribution >= 0.6 is 23.0 Å². The minimum Gasteiger partial charge on any atom is -0.391 e. The first-order valence-corrected chi connectivity index (χ1v) is 3.06. The Bertz CT molecular complexity index is 150. The molecule has 0 unspecified atom stereocenters. The highest BCUT2D eigenvalue weighted by Gasteiger charge is 1.91. The molecule has 0 atom stereocenters. The topological polar surface area (TPSA) is 43.4 Å². The van der Waals surface area contributed by atoms with E-state index in [0.29, 0.717) is 0 Å². The maximum Gasteiger partial charge on any atom is 0.340 e. The molecule has 0 aromatic heterocycles. The molecule has 0 aromatic rings. The lowest BCUT2D eigenvalue weighted by molar-refractivity contribution is -0.126. The van der Waals surface area contributed by atoms with Gasteiger partial charge in [-0.2, -0.15) is 0 Å². The molecule has 0 aromatic carbocycles. The van der Waals surface area contributed by atoms with Crippen LogP contribution in [0.25, 0.3) is 0 Å². The van der Waals surface area contributed by atoms with E-state index in [1.165, 1.54) is 29.9 Å². The van der Waals surface area contributed by atoms with Gasteiger partial charge in [-0.1, -0.05) is 0 Å². The SMILES string of the molecule is CC(=O)/C=C/C(=O)OI. The van der Waals surface area contributed by atoms with Crippen LogP contribution in [-0.4, -0.2) is 11.8 Å². The molecule has 0 aliphatic carbocycles. The van der Waals surface area contributed by atoms with E-state index >= 15 is 0 Å². The van der Waals surface area contributed by atoms with E-state index in [2.05, 4.69) is 3.07 Å². The zero-order chi connectivity index (χ0) is 7.28. The third kappa shape index (κ3) is 5.48. The van der Waals surface area contributed by atoms with Crippen LogP contribution < -0.4 is 0 Å². The van der Waals surface area contributed by atoms with Crippen molar-refractivity contribution in [1.29, 1.82) is 0 Å². The van der Waals surface area contributed by atoms with E-state index in [1.807, 2.05) is 0 Å². The van der Waals surface area contributed by atoms with Crippen molar-refractivity contribution in [2.45, 2.75) is 6.92 Å². The average Bonchev–Trinajstić information content (AvgIpc) is 1.83. The van der Waals surface area contributed by atoms with Crippen LogP contribution in [-0.2, 0) is 12.7 Å². The van der Waals surface area contributed by atoms with Crippen LogP contribution in [0.5, 0.6) is 0 Å². The minimum atomic E-state index is -0.522. The minimum absolute atomic E-state index is 0.170. The van der Waals surface area contributed by atoms with Crippen LogP contribution in [0, 0.1) is 0 Å². The summed E-state index contributed by atoms with van der Waals surface area (Å²) >= 11 is 1.45. The van der Waals surface area contributed by atoms with Gasteiger partial charge >= 0.3 is 5.97 Å². The summed E-state index contributed by atoms with van der Waals surface area (Å²) in [5.74, 6) is -0.692. The van der Waals surface area contributed by atoms with Gasteiger partial charge in [0.25, 0.3) is 0 Å². The van der Waals surface area contributed by atoms with Gasteiger partial charge in [0.2, 0.25) is 0 Å². The fourth-order valence-corrected chi connectivity index (χ4v) is 0.358. The summed E-state index contributed by atoms with van der Waals surface area (Å²) in [5.41, 5.74) is 0. The van der Waals surface area contributed by atoms with Crippen molar-refractivity contribution in [2.75, 3.05) is 0 Å². The molecule has 0 amide bonds. The molecule has 50 valence electrons. The fraction of sp³-hybridized carbons (Fsp3) is 0.200. The number of hydrogen-bond acceptors (Lipinski definition) is 3. The van der Waals surface area contributed by atoms with Gasteiger partial charge in [-0.25, -0.2) is 4.79 Å². The highest BCUT2D eigenvalue weighted by Crippen LogP contribution is 1.88. The molecular weight excluding hydrogens is 235 g/mol. The highest BCUT2D eigenvalue weighted by atomic mass is 127. The van der Waals surface area contributed by atoms with Gasteiger partial charge in [0, 0.05) is 6.08 Å². The van der Waals surface area contributed by atoms with Crippen LogP contribution in [0.4, 0.5) is 0 Å². The van der Waals surface area contributed by atoms with E-state index in [-0.39, 0.29) is 5.78 Å². The summed E-state index contributed by atoms with van der Waals surface area (Å²) < 4.78 is 4.19. The van der Waals surface area contributed by atoms with E-state index in [1.54, 1.807) is 0 Å². The highest BCUT2D eigenvalue weighted by molar-refractivity contribution is 14.1. The molecule has 4 heteroatoms. The molecule has 3 nitrogen and oxygen atoms in total. The predicted octanol–water partition coefficient (Wildman–Crippen LogP) is 1.02. The molecule has 0 spiro atoms. The Balaban J connectivity index is 3.71. The molecule has 0 N–H and O–H groups in total. The molecule has 0 heterocycles. The molecular formula is C5H5IO3. The normalized spacial score (nSPS) is 9.56. The van der Waals surface area contributed by atoms with Crippen LogP contribution in [0.2, 0.25) is 0 Å². The van der Waals surface area contributed by atoms with Crippen molar-refractivity contribution >= 4 is 34.8 Å². The molecule has 0 bridgehead atoms. The van der Waals surface area contributed by atoms with Gasteiger partial charge in [0.05, 0.1) is 0 Å². The second kappa shape index (κ2) is 4.49. The summed E-state index contributed by atoms with van der Waals surface area (Å²) in [6.45, 7) is 1.36. The first kappa shape index (κ1) is 8.61. The van der Waals surface area contributed by atoms with Gasteiger partial charge in [0.1, 0.15) is 0 Å². The third-order valence-electron chi connectivity index (χ3n) is 0.530. The monoisotopic (exact) mass is 240 g/mol. The first-order valence-electron chi connectivity index (χ1n) is 2.18. The van der Waals surface area contributed by atoms with E-state index < -0.39 is 5.97 Å². The summed E-state index contributed by atoms with van der Waals surface area (Å²) in [7, 11) is 0. The van der Waals surface area contributed by atoms with Crippen molar-refractivity contribution in [3.8, 4) is 0 Å². The molecule has 0 rings (SSSR count). The van der Waals surface area contributed by atoms with Gasteiger partial charge in [-0.15, -0.1) is 0 Å². The summed E-state index contributed by atoms with van der Waals surface area (Å²) in [6, 6.07) is 0. The van der Waals surface area contributed by atoms with Gasteiger partial charge in [0.15, 0.2) is 28.8 Å². The van der Waals surface area contributed by atoms with Crippen molar-refractivity contribution in [3.63, 3.8) is 0 Å². The van der Waals surface area contributed by atoms with Crippen molar-refractivity contribution in [3.05, 3.63) is 12.2 Å². The summed E-state index contributed by atoms with van der Waals surface area (Å²) in [6.07, 6.45) is 2.23. The Morgan fingerprint density at radius 3 is 2.33 bits per heavy atom. The van der Waals surface area contributed by atoms with Gasteiger partial charge < -0.3 is 3.07 Å². The molecule has 0 saturated carbocycles. The van der Waals surface area contributed by atoms with Crippen molar-refractivity contribution in [1.82, 2.24) is 0 Å². The molecule has 9 heavy (non-hydrogen) atoms. The molecule has 0 fully saturated rings. The third-order valence-corrected chi connectivity index (χ3v) is 0.964. The maximum absolute atomic E-state index is 10.2. The van der Waals surface area contributed by atoms with Crippen molar-refractivity contribution < 1.29 is 12.7 Å². The standard InChI is InChI=1S/C5H5IO3/c1-4(7)2-3-5(8)9-6/h2-3H,1H3/b3-2+. The van der Waals surface area contributed by atoms with E-state index in [0.717, 1.165) is 12.2 Å². The largest absolute Gasteiger partial charge is 0.391 e. The van der Waals surface area contributed by atoms with Gasteiger partial charge in [-0.3, -0.25) is 4.79 Å². The number of carbonyl (C=O) groups is 2. The molecule has 0 aliphatic heterocycles. The average molecular weight is 240 g/mol. The van der Waals surface area contributed by atoms with Crippen LogP contribution in [0.1, 0.15) is 6.92 Å². The fourth-order valence-electron chi connectivity index (χ4n) is 0.211. The number of hydrogen-bond donors (Lipinski definition) is 0. The molecule has 0 radical (unpaired) electrons. The lowest BCUT2D eigenvalue weighted by Gasteiger charge is -1.82. The van der Waals surface area contributed by atoms with E-state index in [4.69, 9.17) is 0 Å². The van der Waals surface area contributed by atoms with Gasteiger partial charge in [-0.05, 0) is 13.0 Å². The second-order valence-corrected chi connectivity index (χ2v) is 1.78. The summed E-state index contributed by atoms with van der Waals surface area (Å²) in [4.78, 5) is 20.4. The summed E-state index contributed by atoms with van der Waals surface area (Å²) in [5, 5.41) is 0.